The largest absolute Gasteiger partial charge is 0.386 e. The van der Waals surface area contributed by atoms with Crippen LogP contribution in [-0.4, -0.2) is 31.5 Å². The first-order valence-electron chi connectivity index (χ1n) is 7.22. The maximum absolute atomic E-state index is 10.1. The smallest absolute Gasteiger partial charge is 0.102 e. The van der Waals surface area contributed by atoms with Gasteiger partial charge in [-0.05, 0) is 24.0 Å². The summed E-state index contributed by atoms with van der Waals surface area (Å²) in [6.07, 6.45) is 2.78. The average molecular weight is 264 g/mol. The van der Waals surface area contributed by atoms with Gasteiger partial charge in [0.2, 0.25) is 0 Å². The van der Waals surface area contributed by atoms with Crippen LogP contribution in [-0.2, 0) is 15.9 Å². The fraction of sp³-hybridized carbons (Fsp3) is 0.625. The van der Waals surface area contributed by atoms with Gasteiger partial charge in [-0.2, -0.15) is 0 Å². The van der Waals surface area contributed by atoms with Crippen molar-refractivity contribution in [3.63, 3.8) is 0 Å². The molecule has 0 amide bonds. The first-order valence-corrected chi connectivity index (χ1v) is 7.22. The van der Waals surface area contributed by atoms with Crippen molar-refractivity contribution in [2.75, 3.05) is 26.4 Å². The van der Waals surface area contributed by atoms with Gasteiger partial charge in [-0.25, -0.2) is 0 Å². The summed E-state index contributed by atoms with van der Waals surface area (Å²) >= 11 is 0. The van der Waals surface area contributed by atoms with Crippen molar-refractivity contribution in [3.8, 4) is 0 Å². The van der Waals surface area contributed by atoms with E-state index in [0.29, 0.717) is 19.1 Å². The number of rotatable bonds is 7. The van der Waals surface area contributed by atoms with Crippen LogP contribution >= 0.6 is 0 Å². The van der Waals surface area contributed by atoms with Gasteiger partial charge in [0.15, 0.2) is 0 Å². The number of hydrogen-bond donors (Lipinski definition) is 1. The molecule has 1 aliphatic heterocycles. The molecule has 1 heterocycles. The van der Waals surface area contributed by atoms with Crippen molar-refractivity contribution in [3.05, 3.63) is 35.4 Å². The van der Waals surface area contributed by atoms with Gasteiger partial charge in [0.25, 0.3) is 0 Å². The lowest BCUT2D eigenvalue weighted by Gasteiger charge is -2.14. The van der Waals surface area contributed by atoms with Gasteiger partial charge in [-0.15, -0.1) is 0 Å². The summed E-state index contributed by atoms with van der Waals surface area (Å²) in [5.74, 6) is 0.499. The minimum Gasteiger partial charge on any atom is -0.386 e. The van der Waals surface area contributed by atoms with Crippen LogP contribution in [0.5, 0.6) is 0 Å². The molecule has 2 unspecified atom stereocenters. The molecule has 0 aliphatic carbocycles. The van der Waals surface area contributed by atoms with Crippen LogP contribution in [0.15, 0.2) is 24.3 Å². The van der Waals surface area contributed by atoms with Gasteiger partial charge in [-0.3, -0.25) is 0 Å². The first kappa shape index (κ1) is 14.5. The molecular formula is C16H24O3. The highest BCUT2D eigenvalue weighted by atomic mass is 16.5. The molecule has 2 rings (SSSR count). The van der Waals surface area contributed by atoms with Crippen molar-refractivity contribution >= 4 is 0 Å². The minimum absolute atomic E-state index is 0.365. The molecule has 1 N–H and O–H groups in total. The predicted octanol–water partition coefficient (Wildman–Crippen LogP) is 2.73. The van der Waals surface area contributed by atoms with E-state index >= 15 is 0 Å². The monoisotopic (exact) mass is 264 g/mol. The highest BCUT2D eigenvalue weighted by Crippen LogP contribution is 2.17. The number of aliphatic hydroxyl groups is 1. The summed E-state index contributed by atoms with van der Waals surface area (Å²) in [5, 5.41) is 10.1. The summed E-state index contributed by atoms with van der Waals surface area (Å²) < 4.78 is 10.9. The fourth-order valence-electron chi connectivity index (χ4n) is 2.35. The standard InChI is InChI=1S/C16H24O3/c1-2-3-13-4-6-15(7-5-13)16(17)12-19-11-14-8-9-18-10-14/h4-7,14,16-17H,2-3,8-12H2,1H3. The Balaban J connectivity index is 1.73. The van der Waals surface area contributed by atoms with Crippen LogP contribution in [0.1, 0.15) is 37.0 Å². The Kier molecular flexibility index (Phi) is 5.83. The van der Waals surface area contributed by atoms with E-state index in [0.717, 1.165) is 38.0 Å². The molecule has 3 nitrogen and oxygen atoms in total. The number of aryl methyl sites for hydroxylation is 1. The van der Waals surface area contributed by atoms with Gasteiger partial charge in [0.1, 0.15) is 6.10 Å². The highest BCUT2D eigenvalue weighted by Gasteiger charge is 2.16. The third-order valence-corrected chi connectivity index (χ3v) is 3.56. The molecule has 0 aromatic heterocycles. The second-order valence-electron chi connectivity index (χ2n) is 5.27. The maximum Gasteiger partial charge on any atom is 0.102 e. The van der Waals surface area contributed by atoms with E-state index in [1.165, 1.54) is 5.56 Å². The molecule has 1 fully saturated rings. The number of aliphatic hydroxyl groups excluding tert-OH is 1. The molecule has 106 valence electrons. The van der Waals surface area contributed by atoms with Gasteiger partial charge >= 0.3 is 0 Å². The summed E-state index contributed by atoms with van der Waals surface area (Å²) in [6.45, 7) is 4.86. The zero-order chi connectivity index (χ0) is 13.5. The molecular weight excluding hydrogens is 240 g/mol. The lowest BCUT2D eigenvalue weighted by atomic mass is 10.0. The van der Waals surface area contributed by atoms with Gasteiger partial charge in [0.05, 0.1) is 19.8 Å². The van der Waals surface area contributed by atoms with Crippen LogP contribution in [0.4, 0.5) is 0 Å². The number of hydrogen-bond acceptors (Lipinski definition) is 3. The summed E-state index contributed by atoms with van der Waals surface area (Å²) in [5.41, 5.74) is 2.25. The van der Waals surface area contributed by atoms with Gasteiger partial charge in [-0.1, -0.05) is 37.6 Å². The molecule has 19 heavy (non-hydrogen) atoms. The molecule has 3 heteroatoms. The van der Waals surface area contributed by atoms with Gasteiger partial charge in [0, 0.05) is 12.5 Å². The SMILES string of the molecule is CCCc1ccc(C(O)COCC2CCOC2)cc1. The lowest BCUT2D eigenvalue weighted by molar-refractivity contribution is 0.0185. The Morgan fingerprint density at radius 1 is 1.37 bits per heavy atom. The van der Waals surface area contributed by atoms with E-state index in [4.69, 9.17) is 9.47 Å². The molecule has 0 saturated carbocycles. The summed E-state index contributed by atoms with van der Waals surface area (Å²) in [6, 6.07) is 8.18. The molecule has 0 radical (unpaired) electrons. The van der Waals surface area contributed by atoms with E-state index in [-0.39, 0.29) is 0 Å². The average Bonchev–Trinajstić information content (AvgIpc) is 2.93. The second kappa shape index (κ2) is 7.63. The molecule has 1 aromatic carbocycles. The van der Waals surface area contributed by atoms with E-state index in [1.807, 2.05) is 12.1 Å². The zero-order valence-corrected chi connectivity index (χ0v) is 11.7. The minimum atomic E-state index is -0.530. The van der Waals surface area contributed by atoms with Crippen molar-refractivity contribution in [2.45, 2.75) is 32.3 Å². The normalized spacial score (nSPS) is 20.6. The van der Waals surface area contributed by atoms with Crippen molar-refractivity contribution in [1.82, 2.24) is 0 Å². The lowest BCUT2D eigenvalue weighted by Crippen LogP contribution is -2.14. The van der Waals surface area contributed by atoms with Crippen molar-refractivity contribution < 1.29 is 14.6 Å². The van der Waals surface area contributed by atoms with Crippen molar-refractivity contribution in [1.29, 1.82) is 0 Å². The third kappa shape index (κ3) is 4.60. The summed E-state index contributed by atoms with van der Waals surface area (Å²) in [7, 11) is 0. The van der Waals surface area contributed by atoms with Crippen LogP contribution in [0.25, 0.3) is 0 Å². The van der Waals surface area contributed by atoms with Gasteiger partial charge < -0.3 is 14.6 Å². The highest BCUT2D eigenvalue weighted by molar-refractivity contribution is 5.24. The molecule has 0 bridgehead atoms. The van der Waals surface area contributed by atoms with E-state index in [1.54, 1.807) is 0 Å². The molecule has 2 atom stereocenters. The molecule has 1 aliphatic rings. The zero-order valence-electron chi connectivity index (χ0n) is 11.7. The Hall–Kier alpha value is -0.900. The third-order valence-electron chi connectivity index (χ3n) is 3.56. The Morgan fingerprint density at radius 3 is 2.79 bits per heavy atom. The number of benzene rings is 1. The van der Waals surface area contributed by atoms with Crippen LogP contribution in [0.3, 0.4) is 0 Å². The predicted molar refractivity (Wildman–Crippen MR) is 75.1 cm³/mol. The van der Waals surface area contributed by atoms with E-state index in [9.17, 15) is 5.11 Å². The van der Waals surface area contributed by atoms with Crippen LogP contribution < -0.4 is 0 Å². The Bertz CT molecular complexity index is 355. The quantitative estimate of drug-likeness (QED) is 0.823. The van der Waals surface area contributed by atoms with E-state index < -0.39 is 6.10 Å². The second-order valence-corrected chi connectivity index (χ2v) is 5.27. The molecule has 1 aromatic rings. The van der Waals surface area contributed by atoms with Crippen LogP contribution in [0, 0.1) is 5.92 Å². The van der Waals surface area contributed by atoms with Crippen molar-refractivity contribution in [2.24, 2.45) is 5.92 Å². The maximum atomic E-state index is 10.1. The Morgan fingerprint density at radius 2 is 2.16 bits per heavy atom. The Labute approximate surface area is 115 Å². The van der Waals surface area contributed by atoms with E-state index in [2.05, 4.69) is 19.1 Å². The topological polar surface area (TPSA) is 38.7 Å². The fourth-order valence-corrected chi connectivity index (χ4v) is 2.35. The molecule has 0 spiro atoms. The summed E-state index contributed by atoms with van der Waals surface area (Å²) in [4.78, 5) is 0. The number of ether oxygens (including phenoxy) is 2. The molecule has 1 saturated heterocycles. The first-order chi connectivity index (χ1) is 9.29. The van der Waals surface area contributed by atoms with Crippen LogP contribution in [0.2, 0.25) is 0 Å².